The second-order valence-electron chi connectivity index (χ2n) is 5.60. The summed E-state index contributed by atoms with van der Waals surface area (Å²) in [6.07, 6.45) is 1.73. The average molecular weight is 388 g/mol. The van der Waals surface area contributed by atoms with E-state index in [1.807, 2.05) is 12.1 Å². The summed E-state index contributed by atoms with van der Waals surface area (Å²) < 4.78 is 16.9. The minimum atomic E-state index is -4.53. The molecule has 0 spiro atoms. The van der Waals surface area contributed by atoms with Crippen molar-refractivity contribution in [3.63, 3.8) is 0 Å². The molecule has 0 aliphatic carbocycles. The fourth-order valence-corrected chi connectivity index (χ4v) is 2.67. The molecule has 1 heterocycles. The van der Waals surface area contributed by atoms with Crippen LogP contribution in [0.4, 0.5) is 5.69 Å². The van der Waals surface area contributed by atoms with E-state index < -0.39 is 7.82 Å². The maximum atomic E-state index is 10.8. The van der Waals surface area contributed by atoms with Crippen LogP contribution in [-0.4, -0.2) is 30.7 Å². The molecule has 0 fully saturated rings. The van der Waals surface area contributed by atoms with E-state index in [1.54, 1.807) is 47.3 Å². The van der Waals surface area contributed by atoms with Gasteiger partial charge in [0.2, 0.25) is 0 Å². The van der Waals surface area contributed by atoms with Gasteiger partial charge >= 0.3 is 7.82 Å². The Morgan fingerprint density at radius 1 is 1.26 bits per heavy atom. The van der Waals surface area contributed by atoms with Gasteiger partial charge in [-0.1, -0.05) is 29.5 Å². The predicted octanol–water partition coefficient (Wildman–Crippen LogP) is 1.85. The van der Waals surface area contributed by atoms with Crippen molar-refractivity contribution in [3.05, 3.63) is 60.3 Å². The highest BCUT2D eigenvalue weighted by Gasteiger charge is 2.14. The molecule has 0 unspecified atom stereocenters. The highest BCUT2D eigenvalue weighted by molar-refractivity contribution is 7.46. The van der Waals surface area contributed by atoms with E-state index in [2.05, 4.69) is 20.2 Å². The zero-order valence-electron chi connectivity index (χ0n) is 14.0. The van der Waals surface area contributed by atoms with Gasteiger partial charge in [-0.15, -0.1) is 5.10 Å². The van der Waals surface area contributed by atoms with Crippen LogP contribution in [-0.2, 0) is 15.7 Å². The van der Waals surface area contributed by atoms with Crippen LogP contribution in [0.25, 0.3) is 16.9 Å². The standard InChI is InChI=1S/C16H17N6O4P/c17-16(18)19-13-6-4-12(5-7-13)15-9-22(21-20-15)14-3-1-2-11(8-14)10-26-27(23,24)25/h1-9H,10H2,(H4,17,18,19)(H2,23,24,25). The normalized spacial score (nSPS) is 11.3. The number of rotatable bonds is 6. The fourth-order valence-electron chi connectivity index (χ4n) is 2.35. The molecule has 0 saturated heterocycles. The first-order chi connectivity index (χ1) is 12.8. The number of nitrogens with two attached hydrogens (primary N) is 1. The monoisotopic (exact) mass is 388 g/mol. The quantitative estimate of drug-likeness (QED) is 0.243. The Morgan fingerprint density at radius 2 is 2.00 bits per heavy atom. The van der Waals surface area contributed by atoms with Crippen molar-refractivity contribution in [2.24, 2.45) is 5.73 Å². The Bertz CT molecular complexity index is 998. The summed E-state index contributed by atoms with van der Waals surface area (Å²) in [6, 6.07) is 14.1. The van der Waals surface area contributed by atoms with Crippen LogP contribution in [0.3, 0.4) is 0 Å². The maximum absolute atomic E-state index is 10.8. The molecule has 27 heavy (non-hydrogen) atoms. The van der Waals surface area contributed by atoms with Crippen molar-refractivity contribution in [2.75, 3.05) is 5.32 Å². The number of anilines is 1. The molecule has 0 bridgehead atoms. The predicted molar refractivity (Wildman–Crippen MR) is 99.2 cm³/mol. The molecule has 3 aromatic rings. The summed E-state index contributed by atoms with van der Waals surface area (Å²) >= 11 is 0. The number of guanidine groups is 1. The lowest BCUT2D eigenvalue weighted by molar-refractivity contribution is 0.189. The zero-order chi connectivity index (χ0) is 19.4. The zero-order valence-corrected chi connectivity index (χ0v) is 14.9. The Hall–Kier alpha value is -3.04. The first kappa shape index (κ1) is 18.7. The van der Waals surface area contributed by atoms with E-state index >= 15 is 0 Å². The van der Waals surface area contributed by atoms with E-state index in [0.29, 0.717) is 22.6 Å². The third-order valence-corrected chi connectivity index (χ3v) is 3.99. The van der Waals surface area contributed by atoms with Crippen LogP contribution in [0.2, 0.25) is 0 Å². The molecule has 10 nitrogen and oxygen atoms in total. The molecule has 0 amide bonds. The molecule has 2 aromatic carbocycles. The van der Waals surface area contributed by atoms with Crippen molar-refractivity contribution in [1.29, 1.82) is 5.41 Å². The molecule has 0 saturated carbocycles. The molecule has 0 aliphatic rings. The molecule has 140 valence electrons. The van der Waals surface area contributed by atoms with Gasteiger partial charge in [0.25, 0.3) is 0 Å². The van der Waals surface area contributed by atoms with Crippen molar-refractivity contribution in [1.82, 2.24) is 15.0 Å². The van der Waals surface area contributed by atoms with Crippen LogP contribution >= 0.6 is 7.82 Å². The lowest BCUT2D eigenvalue weighted by Crippen LogP contribution is -2.20. The topological polar surface area (TPSA) is 159 Å². The average Bonchev–Trinajstić information content (AvgIpc) is 3.10. The lowest BCUT2D eigenvalue weighted by Gasteiger charge is -2.07. The van der Waals surface area contributed by atoms with Crippen LogP contribution in [0.1, 0.15) is 5.56 Å². The number of phosphoric acid groups is 1. The second-order valence-corrected chi connectivity index (χ2v) is 6.84. The fraction of sp³-hybridized carbons (Fsp3) is 0.0625. The first-order valence-corrected chi connectivity index (χ1v) is 9.26. The smallest absolute Gasteiger partial charge is 0.370 e. The van der Waals surface area contributed by atoms with E-state index in [9.17, 15) is 4.57 Å². The number of hydrogen-bond acceptors (Lipinski definition) is 5. The number of hydrogen-bond donors (Lipinski definition) is 5. The van der Waals surface area contributed by atoms with Gasteiger partial charge in [-0.2, -0.15) is 0 Å². The van der Waals surface area contributed by atoms with Crippen molar-refractivity contribution in [2.45, 2.75) is 6.61 Å². The summed E-state index contributed by atoms with van der Waals surface area (Å²) in [5.74, 6) is -0.142. The number of aromatic nitrogens is 3. The van der Waals surface area contributed by atoms with E-state index in [4.69, 9.17) is 20.9 Å². The summed E-state index contributed by atoms with van der Waals surface area (Å²) in [6.45, 7) is -0.218. The molecule has 0 radical (unpaired) electrons. The van der Waals surface area contributed by atoms with Gasteiger partial charge in [-0.05, 0) is 29.8 Å². The van der Waals surface area contributed by atoms with Gasteiger partial charge < -0.3 is 20.8 Å². The number of benzene rings is 2. The van der Waals surface area contributed by atoms with E-state index in [-0.39, 0.29) is 12.6 Å². The van der Waals surface area contributed by atoms with Crippen LogP contribution < -0.4 is 11.1 Å². The summed E-state index contributed by atoms with van der Waals surface area (Å²) in [5.41, 5.74) is 8.72. The summed E-state index contributed by atoms with van der Waals surface area (Å²) in [5, 5.41) is 18.1. The third kappa shape index (κ3) is 5.22. The highest BCUT2D eigenvalue weighted by atomic mass is 31.2. The Balaban J connectivity index is 1.77. The molecule has 6 N–H and O–H groups in total. The summed E-state index contributed by atoms with van der Waals surface area (Å²) in [7, 11) is -4.53. The molecule has 1 aromatic heterocycles. The maximum Gasteiger partial charge on any atom is 0.469 e. The number of phosphoric ester groups is 1. The second kappa shape index (κ2) is 7.68. The van der Waals surface area contributed by atoms with Crippen LogP contribution in [0.15, 0.2) is 54.7 Å². The largest absolute Gasteiger partial charge is 0.469 e. The van der Waals surface area contributed by atoms with Crippen molar-refractivity contribution >= 4 is 19.5 Å². The summed E-state index contributed by atoms with van der Waals surface area (Å²) in [4.78, 5) is 17.6. The number of nitrogens with one attached hydrogen (secondary N) is 2. The molecular weight excluding hydrogens is 371 g/mol. The van der Waals surface area contributed by atoms with Gasteiger partial charge in [0, 0.05) is 11.3 Å². The lowest BCUT2D eigenvalue weighted by atomic mass is 10.1. The SMILES string of the molecule is N=C(N)Nc1ccc(-c2cn(-c3cccc(COP(=O)(O)O)c3)nn2)cc1. The third-order valence-electron chi connectivity index (χ3n) is 3.53. The van der Waals surface area contributed by atoms with Crippen molar-refractivity contribution < 1.29 is 18.9 Å². The first-order valence-electron chi connectivity index (χ1n) is 7.73. The molecule has 0 aliphatic heterocycles. The molecule has 11 heteroatoms. The minimum Gasteiger partial charge on any atom is -0.370 e. The van der Waals surface area contributed by atoms with Crippen molar-refractivity contribution in [3.8, 4) is 16.9 Å². The van der Waals surface area contributed by atoms with Gasteiger partial charge in [-0.3, -0.25) is 9.93 Å². The molecule has 3 rings (SSSR count). The van der Waals surface area contributed by atoms with E-state index in [0.717, 1.165) is 5.56 Å². The molecular formula is C16H17N6O4P. The highest BCUT2D eigenvalue weighted by Crippen LogP contribution is 2.37. The van der Waals surface area contributed by atoms with Gasteiger partial charge in [0.15, 0.2) is 5.96 Å². The van der Waals surface area contributed by atoms with Gasteiger partial charge in [0.1, 0.15) is 5.69 Å². The van der Waals surface area contributed by atoms with Gasteiger partial charge in [-0.25, -0.2) is 9.25 Å². The Kier molecular flexibility index (Phi) is 5.33. The van der Waals surface area contributed by atoms with Crippen LogP contribution in [0.5, 0.6) is 0 Å². The minimum absolute atomic E-state index is 0.142. The molecule has 0 atom stereocenters. The van der Waals surface area contributed by atoms with E-state index in [1.165, 1.54) is 0 Å². The van der Waals surface area contributed by atoms with Crippen LogP contribution in [0, 0.1) is 5.41 Å². The Morgan fingerprint density at radius 3 is 2.67 bits per heavy atom. The Labute approximate surface area is 154 Å². The van der Waals surface area contributed by atoms with Gasteiger partial charge in [0.05, 0.1) is 18.5 Å². The number of nitrogens with zero attached hydrogens (tertiary/aromatic N) is 3.